The first kappa shape index (κ1) is 19.4. The van der Waals surface area contributed by atoms with E-state index in [0.29, 0.717) is 22.5 Å². The molecule has 1 amide bonds. The van der Waals surface area contributed by atoms with E-state index in [4.69, 9.17) is 5.73 Å². The number of nitrogens with two attached hydrogens (primary N) is 1. The highest BCUT2D eigenvalue weighted by Crippen LogP contribution is 2.30. The summed E-state index contributed by atoms with van der Waals surface area (Å²) >= 11 is 3.02. The molecule has 29 heavy (non-hydrogen) atoms. The lowest BCUT2D eigenvalue weighted by atomic mass is 10.1. The van der Waals surface area contributed by atoms with Crippen molar-refractivity contribution in [3.8, 4) is 11.3 Å². The highest BCUT2D eigenvalue weighted by Gasteiger charge is 2.14. The van der Waals surface area contributed by atoms with Crippen molar-refractivity contribution in [1.82, 2.24) is 14.5 Å². The van der Waals surface area contributed by atoms with E-state index in [9.17, 15) is 9.59 Å². The van der Waals surface area contributed by atoms with Crippen LogP contribution >= 0.6 is 23.1 Å². The van der Waals surface area contributed by atoms with Crippen molar-refractivity contribution in [3.63, 3.8) is 0 Å². The molecule has 0 radical (unpaired) electrons. The summed E-state index contributed by atoms with van der Waals surface area (Å²) in [6.07, 6.45) is 0. The van der Waals surface area contributed by atoms with Crippen LogP contribution in [0.25, 0.3) is 22.2 Å². The predicted molar refractivity (Wildman–Crippen MR) is 117 cm³/mol. The molecule has 2 N–H and O–H groups in total. The topological polar surface area (TPSA) is 90.9 Å². The fourth-order valence-electron chi connectivity index (χ4n) is 2.95. The summed E-state index contributed by atoms with van der Waals surface area (Å²) < 4.78 is 2.22. The largest absolute Gasteiger partial charge is 0.368 e. The summed E-state index contributed by atoms with van der Waals surface area (Å²) in [5.74, 6) is 0.338. The summed E-state index contributed by atoms with van der Waals surface area (Å²) in [7, 11) is 0. The predicted octanol–water partition coefficient (Wildman–Crippen LogP) is 3.61. The number of nitrogens with zero attached hydrogens (tertiary/aromatic N) is 3. The van der Waals surface area contributed by atoms with Crippen molar-refractivity contribution >= 4 is 39.9 Å². The zero-order valence-corrected chi connectivity index (χ0v) is 17.3. The number of amides is 1. The maximum absolute atomic E-state index is 12.8. The van der Waals surface area contributed by atoms with Crippen molar-refractivity contribution in [2.75, 3.05) is 0 Å². The molecule has 146 valence electrons. The summed E-state index contributed by atoms with van der Waals surface area (Å²) in [5, 5.41) is 2.48. The average molecular weight is 423 g/mol. The molecule has 6 nitrogen and oxygen atoms in total. The second-order valence-corrected chi connectivity index (χ2v) is 8.64. The van der Waals surface area contributed by atoms with E-state index in [-0.39, 0.29) is 12.1 Å². The monoisotopic (exact) mass is 422 g/mol. The van der Waals surface area contributed by atoms with Gasteiger partial charge in [-0.05, 0) is 19.1 Å². The Labute approximate surface area is 175 Å². The summed E-state index contributed by atoms with van der Waals surface area (Å²) in [5.41, 5.74) is 8.87. The molecule has 4 aromatic rings. The van der Waals surface area contributed by atoms with Crippen LogP contribution in [0.3, 0.4) is 0 Å². The second kappa shape index (κ2) is 8.18. The first-order chi connectivity index (χ1) is 14.0. The van der Waals surface area contributed by atoms with Crippen LogP contribution in [0.2, 0.25) is 0 Å². The van der Waals surface area contributed by atoms with Crippen LogP contribution in [0.4, 0.5) is 0 Å². The zero-order valence-electron chi connectivity index (χ0n) is 15.7. The Morgan fingerprint density at radius 2 is 1.90 bits per heavy atom. The molecule has 0 saturated heterocycles. The Morgan fingerprint density at radius 3 is 2.66 bits per heavy atom. The molecule has 0 aliphatic heterocycles. The number of fused-ring (bicyclic) bond motifs is 1. The third-order valence-electron chi connectivity index (χ3n) is 4.41. The third-order valence-corrected chi connectivity index (χ3v) is 6.43. The van der Waals surface area contributed by atoms with Crippen LogP contribution < -0.4 is 11.3 Å². The van der Waals surface area contributed by atoms with Crippen LogP contribution in [0.1, 0.15) is 11.4 Å². The zero-order chi connectivity index (χ0) is 20.4. The molecule has 0 saturated carbocycles. The van der Waals surface area contributed by atoms with Gasteiger partial charge in [0.25, 0.3) is 5.56 Å². The molecule has 0 aliphatic carbocycles. The molecule has 0 unspecified atom stereocenters. The molecule has 0 spiro atoms. The Hall–Kier alpha value is -2.97. The minimum Gasteiger partial charge on any atom is -0.368 e. The number of hydrogen-bond donors (Lipinski definition) is 1. The van der Waals surface area contributed by atoms with Crippen LogP contribution in [0.5, 0.6) is 0 Å². The molecule has 0 aliphatic rings. The number of carbonyl (C=O) groups is 1. The number of aromatic nitrogens is 3. The highest BCUT2D eigenvalue weighted by molar-refractivity contribution is 8.00. The van der Waals surface area contributed by atoms with E-state index in [2.05, 4.69) is 22.1 Å². The van der Waals surface area contributed by atoms with Gasteiger partial charge in [0.2, 0.25) is 5.91 Å². The van der Waals surface area contributed by atoms with Crippen LogP contribution in [-0.2, 0) is 17.1 Å². The van der Waals surface area contributed by atoms with Gasteiger partial charge in [-0.15, -0.1) is 11.3 Å². The van der Waals surface area contributed by atoms with Crippen molar-refractivity contribution < 1.29 is 4.79 Å². The van der Waals surface area contributed by atoms with Crippen LogP contribution in [0.15, 0.2) is 63.0 Å². The number of carbonyl (C=O) groups excluding carboxylic acids is 1. The van der Waals surface area contributed by atoms with Gasteiger partial charge in [-0.1, -0.05) is 53.7 Å². The highest BCUT2D eigenvalue weighted by atomic mass is 32.2. The van der Waals surface area contributed by atoms with E-state index < -0.39 is 5.91 Å². The summed E-state index contributed by atoms with van der Waals surface area (Å²) in [4.78, 5) is 33.6. The van der Waals surface area contributed by atoms with Gasteiger partial charge < -0.3 is 5.73 Å². The molecule has 0 bridgehead atoms. The SMILES string of the molecule is Cc1ccc(-c2csc(SCc3nc4ccccc4c(=O)n3CC(N)=O)n2)cc1. The van der Waals surface area contributed by atoms with E-state index in [0.717, 1.165) is 15.6 Å². The average Bonchev–Trinajstić information content (AvgIpc) is 3.18. The number of rotatable bonds is 6. The van der Waals surface area contributed by atoms with E-state index in [1.54, 1.807) is 29.5 Å². The number of thiazole rings is 1. The Morgan fingerprint density at radius 1 is 1.14 bits per heavy atom. The van der Waals surface area contributed by atoms with E-state index >= 15 is 0 Å². The summed E-state index contributed by atoms with van der Waals surface area (Å²) in [6.45, 7) is 1.85. The van der Waals surface area contributed by atoms with Gasteiger partial charge in [0.1, 0.15) is 12.4 Å². The molecule has 2 aromatic carbocycles. The Kier molecular flexibility index (Phi) is 5.46. The number of thioether (sulfide) groups is 1. The minimum atomic E-state index is -0.577. The maximum atomic E-state index is 12.8. The van der Waals surface area contributed by atoms with E-state index in [1.807, 2.05) is 30.5 Å². The molecule has 4 rings (SSSR count). The number of hydrogen-bond acceptors (Lipinski definition) is 6. The van der Waals surface area contributed by atoms with E-state index in [1.165, 1.54) is 21.9 Å². The Bertz CT molecular complexity index is 1250. The number of aryl methyl sites for hydroxylation is 1. The fraction of sp³-hybridized carbons (Fsp3) is 0.143. The number of para-hydroxylation sites is 1. The van der Waals surface area contributed by atoms with Crippen molar-refractivity contribution in [1.29, 1.82) is 0 Å². The first-order valence-corrected chi connectivity index (χ1v) is 10.8. The molecule has 2 heterocycles. The van der Waals surface area contributed by atoms with Crippen molar-refractivity contribution in [2.45, 2.75) is 23.6 Å². The lowest BCUT2D eigenvalue weighted by Gasteiger charge is -2.11. The number of benzene rings is 2. The van der Waals surface area contributed by atoms with Crippen LogP contribution in [-0.4, -0.2) is 20.4 Å². The number of primary amides is 1. The lowest BCUT2D eigenvalue weighted by molar-refractivity contribution is -0.118. The molecule has 8 heteroatoms. The third kappa shape index (κ3) is 4.23. The first-order valence-electron chi connectivity index (χ1n) is 8.93. The molecule has 2 aromatic heterocycles. The Balaban J connectivity index is 1.62. The molecular formula is C21H18N4O2S2. The molecule has 0 atom stereocenters. The normalized spacial score (nSPS) is 11.1. The molecular weight excluding hydrogens is 404 g/mol. The quantitative estimate of drug-likeness (QED) is 0.479. The molecule has 0 fully saturated rings. The van der Waals surface area contributed by atoms with Gasteiger partial charge in [0.15, 0.2) is 4.34 Å². The van der Waals surface area contributed by atoms with Gasteiger partial charge in [-0.25, -0.2) is 9.97 Å². The van der Waals surface area contributed by atoms with Gasteiger partial charge in [0, 0.05) is 10.9 Å². The van der Waals surface area contributed by atoms with Gasteiger partial charge >= 0.3 is 0 Å². The van der Waals surface area contributed by atoms with Crippen molar-refractivity contribution in [3.05, 3.63) is 75.7 Å². The van der Waals surface area contributed by atoms with Crippen LogP contribution in [0, 0.1) is 6.92 Å². The second-order valence-electron chi connectivity index (χ2n) is 6.56. The smallest absolute Gasteiger partial charge is 0.261 e. The standard InChI is InChI=1S/C21H18N4O2S2/c1-13-6-8-14(9-7-13)17-11-28-21(24-17)29-12-19-23-16-5-3-2-4-15(16)20(27)25(19)10-18(22)26/h2-9,11H,10,12H2,1H3,(H2,22,26). The minimum absolute atomic E-state index is 0.195. The summed E-state index contributed by atoms with van der Waals surface area (Å²) in [6, 6.07) is 15.3. The van der Waals surface area contributed by atoms with Gasteiger partial charge in [0.05, 0.1) is 22.3 Å². The lowest BCUT2D eigenvalue weighted by Crippen LogP contribution is -2.31. The van der Waals surface area contributed by atoms with Crippen molar-refractivity contribution in [2.24, 2.45) is 5.73 Å². The maximum Gasteiger partial charge on any atom is 0.261 e. The van der Waals surface area contributed by atoms with Gasteiger partial charge in [-0.3, -0.25) is 14.2 Å². The fourth-order valence-corrected chi connectivity index (χ4v) is 4.73. The van der Waals surface area contributed by atoms with Gasteiger partial charge in [-0.2, -0.15) is 0 Å².